The standard InChI is InChI=1S/C15H16BrNO/c16-12-5-6-13-11(9-17-14(13)8-12)7-10-3-1-2-4-15(10)18/h5-6,8-10,17H,1-4,7H2. The van der Waals surface area contributed by atoms with Crippen molar-refractivity contribution in [3.05, 3.63) is 34.4 Å². The second-order valence-corrected chi connectivity index (χ2v) is 6.03. The molecule has 1 aromatic carbocycles. The third-order valence-electron chi connectivity index (χ3n) is 3.88. The van der Waals surface area contributed by atoms with Crippen LogP contribution in [0, 0.1) is 5.92 Å². The molecule has 2 nitrogen and oxygen atoms in total. The van der Waals surface area contributed by atoms with Gasteiger partial charge in [-0.1, -0.05) is 28.4 Å². The number of Topliss-reactive ketones (excluding diaryl/α,β-unsaturated/α-hetero) is 1. The van der Waals surface area contributed by atoms with Gasteiger partial charge in [0.05, 0.1) is 0 Å². The first-order valence-electron chi connectivity index (χ1n) is 6.52. The van der Waals surface area contributed by atoms with Crippen LogP contribution in [-0.4, -0.2) is 10.8 Å². The number of carbonyl (C=O) groups excluding carboxylic acids is 1. The van der Waals surface area contributed by atoms with Crippen molar-refractivity contribution in [1.29, 1.82) is 0 Å². The lowest BCUT2D eigenvalue weighted by Crippen LogP contribution is -2.20. The van der Waals surface area contributed by atoms with E-state index < -0.39 is 0 Å². The Kier molecular flexibility index (Phi) is 3.25. The summed E-state index contributed by atoms with van der Waals surface area (Å²) in [6, 6.07) is 6.27. The van der Waals surface area contributed by atoms with Crippen molar-refractivity contribution < 1.29 is 4.79 Å². The molecule has 1 saturated carbocycles. The van der Waals surface area contributed by atoms with Crippen LogP contribution < -0.4 is 0 Å². The lowest BCUT2D eigenvalue weighted by Gasteiger charge is -2.19. The molecule has 1 heterocycles. The Labute approximate surface area is 115 Å². The van der Waals surface area contributed by atoms with E-state index in [-0.39, 0.29) is 5.92 Å². The van der Waals surface area contributed by atoms with E-state index in [1.807, 2.05) is 0 Å². The number of benzene rings is 1. The molecule has 3 heteroatoms. The summed E-state index contributed by atoms with van der Waals surface area (Å²) < 4.78 is 1.08. The quantitative estimate of drug-likeness (QED) is 0.885. The molecule has 0 saturated heterocycles. The number of fused-ring (bicyclic) bond motifs is 1. The van der Waals surface area contributed by atoms with Crippen molar-refractivity contribution >= 4 is 32.6 Å². The highest BCUT2D eigenvalue weighted by molar-refractivity contribution is 9.10. The van der Waals surface area contributed by atoms with Gasteiger partial charge in [-0.05, 0) is 37.0 Å². The van der Waals surface area contributed by atoms with Gasteiger partial charge in [-0.15, -0.1) is 0 Å². The van der Waals surface area contributed by atoms with Gasteiger partial charge in [0.1, 0.15) is 5.78 Å². The van der Waals surface area contributed by atoms with Gasteiger partial charge in [-0.25, -0.2) is 0 Å². The topological polar surface area (TPSA) is 32.9 Å². The van der Waals surface area contributed by atoms with Gasteiger partial charge in [0, 0.05) is 33.9 Å². The zero-order valence-electron chi connectivity index (χ0n) is 10.2. The summed E-state index contributed by atoms with van der Waals surface area (Å²) in [5, 5.41) is 1.25. The average molecular weight is 306 g/mol. The maximum atomic E-state index is 11.9. The predicted molar refractivity (Wildman–Crippen MR) is 76.7 cm³/mol. The molecule has 1 N–H and O–H groups in total. The third kappa shape index (κ3) is 2.24. The summed E-state index contributed by atoms with van der Waals surface area (Å²) in [5.74, 6) is 0.689. The molecule has 1 aliphatic carbocycles. The molecule has 0 radical (unpaired) electrons. The fraction of sp³-hybridized carbons (Fsp3) is 0.400. The maximum absolute atomic E-state index is 11.9. The summed E-state index contributed by atoms with van der Waals surface area (Å²) in [7, 11) is 0. The van der Waals surface area contributed by atoms with Gasteiger partial charge in [0.15, 0.2) is 0 Å². The molecule has 1 fully saturated rings. The SMILES string of the molecule is O=C1CCCCC1Cc1c[nH]c2cc(Br)ccc12. The monoisotopic (exact) mass is 305 g/mol. The van der Waals surface area contributed by atoms with Crippen LogP contribution in [0.15, 0.2) is 28.9 Å². The normalized spacial score (nSPS) is 20.5. The zero-order valence-corrected chi connectivity index (χ0v) is 11.8. The Morgan fingerprint density at radius 1 is 1.33 bits per heavy atom. The van der Waals surface area contributed by atoms with Crippen LogP contribution >= 0.6 is 15.9 Å². The number of aromatic amines is 1. The molecule has 1 atom stereocenters. The van der Waals surface area contributed by atoms with Crippen LogP contribution in [0.5, 0.6) is 0 Å². The van der Waals surface area contributed by atoms with Crippen molar-refractivity contribution in [3.63, 3.8) is 0 Å². The van der Waals surface area contributed by atoms with Crippen LogP contribution in [0.2, 0.25) is 0 Å². The van der Waals surface area contributed by atoms with Crippen molar-refractivity contribution in [2.45, 2.75) is 32.1 Å². The van der Waals surface area contributed by atoms with Gasteiger partial charge in [-0.2, -0.15) is 0 Å². The first kappa shape index (κ1) is 12.0. The smallest absolute Gasteiger partial charge is 0.136 e. The van der Waals surface area contributed by atoms with Gasteiger partial charge >= 0.3 is 0 Å². The second kappa shape index (κ2) is 4.88. The summed E-state index contributed by atoms with van der Waals surface area (Å²) >= 11 is 3.48. The fourth-order valence-corrected chi connectivity index (χ4v) is 3.22. The number of carbonyl (C=O) groups is 1. The highest BCUT2D eigenvalue weighted by Crippen LogP contribution is 2.28. The number of hydrogen-bond acceptors (Lipinski definition) is 1. The van der Waals surface area contributed by atoms with E-state index in [0.29, 0.717) is 5.78 Å². The van der Waals surface area contributed by atoms with Gasteiger partial charge in [-0.3, -0.25) is 4.79 Å². The molecule has 94 valence electrons. The van der Waals surface area contributed by atoms with Crippen LogP contribution in [0.25, 0.3) is 10.9 Å². The van der Waals surface area contributed by atoms with E-state index in [9.17, 15) is 4.79 Å². The molecule has 2 aromatic rings. The molecular weight excluding hydrogens is 290 g/mol. The van der Waals surface area contributed by atoms with Gasteiger partial charge in [0.25, 0.3) is 0 Å². The number of ketones is 1. The van der Waals surface area contributed by atoms with E-state index in [1.54, 1.807) is 0 Å². The molecule has 0 spiro atoms. The number of rotatable bonds is 2. The van der Waals surface area contributed by atoms with E-state index in [0.717, 1.165) is 35.7 Å². The van der Waals surface area contributed by atoms with Crippen molar-refractivity contribution in [2.75, 3.05) is 0 Å². The molecule has 0 amide bonds. The summed E-state index contributed by atoms with van der Waals surface area (Å²) in [6.07, 6.45) is 7.06. The maximum Gasteiger partial charge on any atom is 0.136 e. The second-order valence-electron chi connectivity index (χ2n) is 5.12. The fourth-order valence-electron chi connectivity index (χ4n) is 2.86. The van der Waals surface area contributed by atoms with Crippen molar-refractivity contribution in [3.8, 4) is 0 Å². The Hall–Kier alpha value is -1.09. The van der Waals surface area contributed by atoms with Gasteiger partial charge in [0.2, 0.25) is 0 Å². The summed E-state index contributed by atoms with van der Waals surface area (Å²) in [5.41, 5.74) is 2.42. The molecular formula is C15H16BrNO. The Bertz CT molecular complexity index is 587. The van der Waals surface area contributed by atoms with E-state index in [4.69, 9.17) is 0 Å². The molecule has 1 unspecified atom stereocenters. The minimum Gasteiger partial charge on any atom is -0.361 e. The zero-order chi connectivity index (χ0) is 12.5. The molecule has 18 heavy (non-hydrogen) atoms. The minimum atomic E-state index is 0.237. The van der Waals surface area contributed by atoms with Gasteiger partial charge < -0.3 is 4.98 Å². The number of nitrogens with one attached hydrogen (secondary N) is 1. The highest BCUT2D eigenvalue weighted by Gasteiger charge is 2.23. The highest BCUT2D eigenvalue weighted by atomic mass is 79.9. The van der Waals surface area contributed by atoms with E-state index >= 15 is 0 Å². The van der Waals surface area contributed by atoms with Crippen molar-refractivity contribution in [1.82, 2.24) is 4.98 Å². The lowest BCUT2D eigenvalue weighted by atomic mass is 9.84. The Morgan fingerprint density at radius 2 is 2.22 bits per heavy atom. The molecule has 1 aromatic heterocycles. The minimum absolute atomic E-state index is 0.237. The first-order valence-corrected chi connectivity index (χ1v) is 7.31. The predicted octanol–water partition coefficient (Wildman–Crippen LogP) is 4.23. The largest absolute Gasteiger partial charge is 0.361 e. The average Bonchev–Trinajstić information content (AvgIpc) is 2.74. The molecule has 1 aliphatic rings. The number of halogens is 1. The van der Waals surface area contributed by atoms with Crippen LogP contribution in [0.4, 0.5) is 0 Å². The lowest BCUT2D eigenvalue weighted by molar-refractivity contribution is -0.124. The number of hydrogen-bond donors (Lipinski definition) is 1. The Balaban J connectivity index is 1.88. The third-order valence-corrected chi connectivity index (χ3v) is 4.37. The first-order chi connectivity index (χ1) is 8.74. The van der Waals surface area contributed by atoms with E-state index in [1.165, 1.54) is 17.4 Å². The van der Waals surface area contributed by atoms with E-state index in [2.05, 4.69) is 45.3 Å². The van der Waals surface area contributed by atoms with Crippen LogP contribution in [0.1, 0.15) is 31.2 Å². The number of H-pyrrole nitrogens is 1. The summed E-state index contributed by atoms with van der Waals surface area (Å²) in [4.78, 5) is 15.2. The molecule has 3 rings (SSSR count). The van der Waals surface area contributed by atoms with Crippen LogP contribution in [0.3, 0.4) is 0 Å². The molecule has 0 aliphatic heterocycles. The Morgan fingerprint density at radius 3 is 3.06 bits per heavy atom. The summed E-state index contributed by atoms with van der Waals surface area (Å²) in [6.45, 7) is 0. The van der Waals surface area contributed by atoms with Crippen LogP contribution in [-0.2, 0) is 11.2 Å². The number of aromatic nitrogens is 1. The molecule has 0 bridgehead atoms. The van der Waals surface area contributed by atoms with Crippen molar-refractivity contribution in [2.24, 2.45) is 5.92 Å².